The smallest absolute Gasteiger partial charge is 0.387 e. The summed E-state index contributed by atoms with van der Waals surface area (Å²) in [7, 11) is 0. The van der Waals surface area contributed by atoms with Crippen molar-refractivity contribution in [3.8, 4) is 23.0 Å². The van der Waals surface area contributed by atoms with Gasteiger partial charge in [0.05, 0.1) is 12.6 Å². The molecule has 13 heteroatoms. The molecule has 1 atom stereocenters. The summed E-state index contributed by atoms with van der Waals surface area (Å²) in [5.74, 6) is -2.30. The van der Waals surface area contributed by atoms with Crippen LogP contribution in [0.2, 0.25) is 0 Å². The van der Waals surface area contributed by atoms with Crippen LogP contribution in [0.1, 0.15) is 47.6 Å². The average Bonchev–Trinajstić information content (AvgIpc) is 3.57. The minimum Gasteiger partial charge on any atom is -0.489 e. The summed E-state index contributed by atoms with van der Waals surface area (Å²) in [6.45, 7) is -1.54. The molecule has 1 N–H and O–H groups in total. The van der Waals surface area contributed by atoms with Crippen molar-refractivity contribution in [2.45, 2.75) is 39.0 Å². The maximum atomic E-state index is 14.0. The Kier molecular flexibility index (Phi) is 7.83. The molecule has 1 aromatic heterocycles. The van der Waals surface area contributed by atoms with E-state index in [1.165, 1.54) is 31.2 Å². The van der Waals surface area contributed by atoms with Gasteiger partial charge in [0.25, 0.3) is 5.91 Å². The van der Waals surface area contributed by atoms with Crippen LogP contribution in [0, 0.1) is 17.6 Å². The fourth-order valence-electron chi connectivity index (χ4n) is 3.39. The molecule has 1 saturated carbocycles. The summed E-state index contributed by atoms with van der Waals surface area (Å²) in [4.78, 5) is 19.8. The molecule has 1 amide bonds. The zero-order valence-electron chi connectivity index (χ0n) is 19.5. The third-order valence-electron chi connectivity index (χ3n) is 5.51. The normalized spacial score (nSPS) is 13.7. The molecular formula is C24H21F4N5O4. The Hall–Kier alpha value is -4.25. The molecule has 1 aliphatic carbocycles. The molecular weight excluding hydrogens is 498 g/mol. The first-order valence-electron chi connectivity index (χ1n) is 11.2. The first-order valence-corrected chi connectivity index (χ1v) is 11.2. The lowest BCUT2D eigenvalue weighted by molar-refractivity contribution is -0.0515. The quantitative estimate of drug-likeness (QED) is 0.138. The number of benzene rings is 2. The highest BCUT2D eigenvalue weighted by molar-refractivity contribution is 5.94. The largest absolute Gasteiger partial charge is 0.489 e. The van der Waals surface area contributed by atoms with Gasteiger partial charge in [-0.3, -0.25) is 4.79 Å². The van der Waals surface area contributed by atoms with E-state index >= 15 is 0 Å². The molecule has 0 radical (unpaired) electrons. The zero-order chi connectivity index (χ0) is 26.5. The molecule has 1 aliphatic rings. The summed E-state index contributed by atoms with van der Waals surface area (Å²) in [5.41, 5.74) is 8.93. The fourth-order valence-corrected chi connectivity index (χ4v) is 3.39. The van der Waals surface area contributed by atoms with Gasteiger partial charge in [-0.2, -0.15) is 8.78 Å². The maximum Gasteiger partial charge on any atom is 0.387 e. The number of nitrogens with zero attached hydrogens (tertiary/aromatic N) is 4. The molecule has 2 aromatic carbocycles. The molecule has 1 fully saturated rings. The monoisotopic (exact) mass is 519 g/mol. The Bertz CT molecular complexity index is 1340. The van der Waals surface area contributed by atoms with Gasteiger partial charge in [-0.25, -0.2) is 13.8 Å². The van der Waals surface area contributed by atoms with Crippen molar-refractivity contribution in [2.75, 3.05) is 6.61 Å². The van der Waals surface area contributed by atoms with Crippen molar-refractivity contribution in [2.24, 2.45) is 11.0 Å². The predicted molar refractivity (Wildman–Crippen MR) is 122 cm³/mol. The zero-order valence-corrected chi connectivity index (χ0v) is 19.5. The number of ether oxygens (including phenoxy) is 2. The number of hydrogen-bond acceptors (Lipinski definition) is 6. The van der Waals surface area contributed by atoms with Crippen LogP contribution in [0.5, 0.6) is 11.5 Å². The highest BCUT2D eigenvalue weighted by Crippen LogP contribution is 2.37. The fraction of sp³-hybridized carbons (Fsp3) is 0.333. The Labute approximate surface area is 208 Å². The number of hydrogen-bond donors (Lipinski definition) is 1. The van der Waals surface area contributed by atoms with E-state index in [2.05, 4.69) is 25.1 Å². The molecule has 1 heterocycles. The lowest BCUT2D eigenvalue weighted by Crippen LogP contribution is -2.25. The van der Waals surface area contributed by atoms with Gasteiger partial charge in [-0.1, -0.05) is 11.2 Å². The summed E-state index contributed by atoms with van der Waals surface area (Å²) < 4.78 is 68.7. The van der Waals surface area contributed by atoms with Gasteiger partial charge >= 0.3 is 6.61 Å². The second-order valence-electron chi connectivity index (χ2n) is 8.33. The molecule has 194 valence electrons. The Morgan fingerprint density at radius 1 is 1.24 bits per heavy atom. The number of nitrogens with one attached hydrogen (secondary N) is 1. The number of carbonyl (C=O) groups is 1. The minimum atomic E-state index is -3.06. The summed E-state index contributed by atoms with van der Waals surface area (Å²) in [6, 6.07) is 6.04. The Balaban J connectivity index is 1.63. The lowest BCUT2D eigenvalue weighted by Gasteiger charge is -2.12. The van der Waals surface area contributed by atoms with Gasteiger partial charge in [0.15, 0.2) is 17.2 Å². The van der Waals surface area contributed by atoms with Crippen LogP contribution < -0.4 is 14.8 Å². The molecule has 0 unspecified atom stereocenters. The third-order valence-corrected chi connectivity index (χ3v) is 5.51. The van der Waals surface area contributed by atoms with Crippen molar-refractivity contribution in [1.29, 1.82) is 0 Å². The number of amides is 1. The molecule has 37 heavy (non-hydrogen) atoms. The van der Waals surface area contributed by atoms with E-state index in [0.717, 1.165) is 18.9 Å². The number of aromatic nitrogens is 1. The molecule has 4 rings (SSSR count). The van der Waals surface area contributed by atoms with Crippen molar-refractivity contribution in [3.05, 3.63) is 75.5 Å². The number of oxazole rings is 1. The van der Waals surface area contributed by atoms with Crippen LogP contribution in [0.4, 0.5) is 17.6 Å². The molecule has 0 bridgehead atoms. The van der Waals surface area contributed by atoms with Crippen molar-refractivity contribution >= 4 is 5.91 Å². The predicted octanol–water partition coefficient (Wildman–Crippen LogP) is 6.31. The maximum absolute atomic E-state index is 14.0. The van der Waals surface area contributed by atoms with E-state index < -0.39 is 30.2 Å². The van der Waals surface area contributed by atoms with E-state index in [0.29, 0.717) is 18.6 Å². The topological polar surface area (TPSA) is 122 Å². The standard InChI is InChI=1S/C24H21F4N5O4/c1-12(32-33-29)21-20(22(34)30-10-15-4-6-16(25)9-17(15)26)31-23(37-21)14-5-7-18(36-24(27)28)19(8-14)35-11-13-2-3-13/h4-9,12-13,24H,2-3,10-11H2,1H3,(H,30,34)/t12-/m0/s1. The summed E-state index contributed by atoms with van der Waals surface area (Å²) in [5, 5.41) is 6.02. The number of alkyl halides is 2. The first-order chi connectivity index (χ1) is 17.7. The number of halogens is 4. The van der Waals surface area contributed by atoms with E-state index in [1.807, 2.05) is 0 Å². The Morgan fingerprint density at radius 2 is 2.03 bits per heavy atom. The van der Waals surface area contributed by atoms with Gasteiger partial charge in [-0.15, -0.1) is 0 Å². The third kappa shape index (κ3) is 6.50. The summed E-state index contributed by atoms with van der Waals surface area (Å²) >= 11 is 0. The molecule has 0 saturated heterocycles. The second kappa shape index (κ2) is 11.2. The highest BCUT2D eigenvalue weighted by Gasteiger charge is 2.26. The van der Waals surface area contributed by atoms with Gasteiger partial charge in [0.1, 0.15) is 17.4 Å². The van der Waals surface area contributed by atoms with Gasteiger partial charge in [0.2, 0.25) is 5.89 Å². The van der Waals surface area contributed by atoms with E-state index in [1.54, 1.807) is 0 Å². The van der Waals surface area contributed by atoms with Crippen LogP contribution in [0.15, 0.2) is 45.9 Å². The molecule has 0 spiro atoms. The number of azide groups is 1. The highest BCUT2D eigenvalue weighted by atomic mass is 19.3. The van der Waals surface area contributed by atoms with Crippen LogP contribution >= 0.6 is 0 Å². The Morgan fingerprint density at radius 3 is 2.70 bits per heavy atom. The van der Waals surface area contributed by atoms with Crippen molar-refractivity contribution in [3.63, 3.8) is 0 Å². The average molecular weight is 519 g/mol. The number of carbonyl (C=O) groups excluding carboxylic acids is 1. The van der Waals surface area contributed by atoms with Crippen LogP contribution in [0.3, 0.4) is 0 Å². The molecule has 9 nitrogen and oxygen atoms in total. The van der Waals surface area contributed by atoms with Crippen LogP contribution in [-0.2, 0) is 6.54 Å². The molecule has 3 aromatic rings. The SMILES string of the molecule is C[C@H](N=[N+]=[N-])c1oc(-c2ccc(OC(F)F)c(OCC3CC3)c2)nc1C(=O)NCc1ccc(F)cc1F. The van der Waals surface area contributed by atoms with Gasteiger partial charge in [0, 0.05) is 28.6 Å². The summed E-state index contributed by atoms with van der Waals surface area (Å²) in [6.07, 6.45) is 1.96. The van der Waals surface area contributed by atoms with E-state index in [-0.39, 0.29) is 46.5 Å². The second-order valence-corrected chi connectivity index (χ2v) is 8.33. The van der Waals surface area contributed by atoms with Gasteiger partial charge in [-0.05, 0) is 55.5 Å². The van der Waals surface area contributed by atoms with Crippen LogP contribution in [-0.4, -0.2) is 24.1 Å². The lowest BCUT2D eigenvalue weighted by atomic mass is 10.2. The van der Waals surface area contributed by atoms with Crippen molar-refractivity contribution < 1.29 is 36.2 Å². The molecule has 0 aliphatic heterocycles. The van der Waals surface area contributed by atoms with Crippen LogP contribution in [0.25, 0.3) is 21.9 Å². The first kappa shape index (κ1) is 25.8. The van der Waals surface area contributed by atoms with E-state index in [4.69, 9.17) is 14.7 Å². The van der Waals surface area contributed by atoms with E-state index in [9.17, 15) is 22.4 Å². The van der Waals surface area contributed by atoms with Crippen molar-refractivity contribution in [1.82, 2.24) is 10.3 Å². The minimum absolute atomic E-state index is 0.0372. The van der Waals surface area contributed by atoms with Gasteiger partial charge < -0.3 is 19.2 Å². The number of rotatable bonds is 11.